The molecule has 1 saturated heterocycles. The Bertz CT molecular complexity index is 385. The maximum absolute atomic E-state index is 5.76. The van der Waals surface area contributed by atoms with Crippen molar-refractivity contribution in [3.63, 3.8) is 0 Å². The number of rotatable bonds is 5. The van der Waals surface area contributed by atoms with Gasteiger partial charge in [0.1, 0.15) is 0 Å². The highest BCUT2D eigenvalue weighted by Gasteiger charge is 2.30. The minimum absolute atomic E-state index is 0.0302. The molecular formula is C13H21ClN2OS. The van der Waals surface area contributed by atoms with Crippen LogP contribution in [0.4, 0.5) is 0 Å². The molecule has 0 aromatic carbocycles. The van der Waals surface area contributed by atoms with Crippen molar-refractivity contribution in [2.24, 2.45) is 0 Å². The monoisotopic (exact) mass is 288 g/mol. The van der Waals surface area contributed by atoms with Crippen LogP contribution in [0.5, 0.6) is 0 Å². The van der Waals surface area contributed by atoms with Crippen molar-refractivity contribution in [3.05, 3.63) is 16.1 Å². The minimum Gasteiger partial charge on any atom is -0.377 e. The SMILES string of the molecule is COC1(C)CCCN(CCc2nc(CCl)cs2)C1. The van der Waals surface area contributed by atoms with Gasteiger partial charge < -0.3 is 9.64 Å². The second kappa shape index (κ2) is 6.33. The Balaban J connectivity index is 1.82. The minimum atomic E-state index is 0.0302. The molecule has 1 atom stereocenters. The Hall–Kier alpha value is -0.160. The highest BCUT2D eigenvalue weighted by Crippen LogP contribution is 2.24. The van der Waals surface area contributed by atoms with Crippen LogP contribution in [0.1, 0.15) is 30.5 Å². The van der Waals surface area contributed by atoms with E-state index in [2.05, 4.69) is 22.2 Å². The summed E-state index contributed by atoms with van der Waals surface area (Å²) in [4.78, 5) is 6.98. The summed E-state index contributed by atoms with van der Waals surface area (Å²) in [5.41, 5.74) is 1.03. The number of likely N-dealkylation sites (tertiary alicyclic amines) is 1. The summed E-state index contributed by atoms with van der Waals surface area (Å²) in [6.07, 6.45) is 3.39. The number of methoxy groups -OCH3 is 1. The van der Waals surface area contributed by atoms with Crippen molar-refractivity contribution in [2.45, 2.75) is 37.7 Å². The first-order valence-electron chi connectivity index (χ1n) is 6.42. The van der Waals surface area contributed by atoms with Gasteiger partial charge in [0.2, 0.25) is 0 Å². The maximum Gasteiger partial charge on any atom is 0.0941 e. The van der Waals surface area contributed by atoms with Crippen LogP contribution in [0.3, 0.4) is 0 Å². The maximum atomic E-state index is 5.76. The van der Waals surface area contributed by atoms with Crippen LogP contribution in [0, 0.1) is 0 Å². The van der Waals surface area contributed by atoms with Crippen LogP contribution in [-0.2, 0) is 17.0 Å². The Kier molecular flexibility index (Phi) is 5.01. The van der Waals surface area contributed by atoms with Crippen LogP contribution in [0.25, 0.3) is 0 Å². The summed E-state index contributed by atoms with van der Waals surface area (Å²) in [7, 11) is 1.82. The zero-order chi connectivity index (χ0) is 13.0. The third-order valence-electron chi connectivity index (χ3n) is 3.61. The summed E-state index contributed by atoms with van der Waals surface area (Å²) in [6, 6.07) is 0. The highest BCUT2D eigenvalue weighted by atomic mass is 35.5. The predicted molar refractivity (Wildman–Crippen MR) is 76.5 cm³/mol. The van der Waals surface area contributed by atoms with Crippen molar-refractivity contribution in [1.29, 1.82) is 0 Å². The average Bonchev–Trinajstić information content (AvgIpc) is 2.85. The summed E-state index contributed by atoms with van der Waals surface area (Å²) < 4.78 is 5.61. The number of piperidine rings is 1. The van der Waals surface area contributed by atoms with Gasteiger partial charge in [-0.3, -0.25) is 0 Å². The fraction of sp³-hybridized carbons (Fsp3) is 0.769. The highest BCUT2D eigenvalue weighted by molar-refractivity contribution is 7.09. The van der Waals surface area contributed by atoms with Crippen LogP contribution in [-0.4, -0.2) is 42.2 Å². The molecule has 1 aromatic rings. The molecule has 0 aliphatic carbocycles. The molecule has 18 heavy (non-hydrogen) atoms. The van der Waals surface area contributed by atoms with Crippen molar-refractivity contribution in [1.82, 2.24) is 9.88 Å². The van der Waals surface area contributed by atoms with E-state index in [1.807, 2.05) is 7.11 Å². The molecule has 2 heterocycles. The number of hydrogen-bond acceptors (Lipinski definition) is 4. The van der Waals surface area contributed by atoms with Crippen molar-refractivity contribution >= 4 is 22.9 Å². The molecule has 102 valence electrons. The summed E-state index contributed by atoms with van der Waals surface area (Å²) in [5.74, 6) is 0.516. The second-order valence-corrected chi connectivity index (χ2v) is 6.36. The van der Waals surface area contributed by atoms with Gasteiger partial charge >= 0.3 is 0 Å². The van der Waals surface area contributed by atoms with Crippen molar-refractivity contribution < 1.29 is 4.74 Å². The molecule has 1 aliphatic rings. The normalized spacial score (nSPS) is 25.5. The van der Waals surface area contributed by atoms with Gasteiger partial charge in [-0.25, -0.2) is 4.98 Å². The van der Waals surface area contributed by atoms with Crippen LogP contribution in [0.15, 0.2) is 5.38 Å². The summed E-state index contributed by atoms with van der Waals surface area (Å²) >= 11 is 7.48. The van der Waals surface area contributed by atoms with Gasteiger partial charge in [-0.1, -0.05) is 0 Å². The first kappa shape index (κ1) is 14.3. The van der Waals surface area contributed by atoms with Crippen LogP contribution >= 0.6 is 22.9 Å². The van der Waals surface area contributed by atoms with Crippen molar-refractivity contribution in [3.8, 4) is 0 Å². The third-order valence-corrected chi connectivity index (χ3v) is 4.84. The van der Waals surface area contributed by atoms with Gasteiger partial charge in [-0.2, -0.15) is 0 Å². The van der Waals surface area contributed by atoms with Crippen LogP contribution in [0.2, 0.25) is 0 Å². The van der Waals surface area contributed by atoms with E-state index >= 15 is 0 Å². The molecule has 0 amide bonds. The number of aromatic nitrogens is 1. The fourth-order valence-corrected chi connectivity index (χ4v) is 3.46. The number of hydrogen-bond donors (Lipinski definition) is 0. The molecule has 0 N–H and O–H groups in total. The van der Waals surface area contributed by atoms with E-state index in [9.17, 15) is 0 Å². The van der Waals surface area contributed by atoms with E-state index in [0.29, 0.717) is 5.88 Å². The molecule has 1 fully saturated rings. The van der Waals surface area contributed by atoms with Gasteiger partial charge in [-0.15, -0.1) is 22.9 Å². The van der Waals surface area contributed by atoms with Crippen LogP contribution < -0.4 is 0 Å². The number of thiazole rings is 1. The molecule has 2 rings (SSSR count). The lowest BCUT2D eigenvalue weighted by Gasteiger charge is -2.39. The topological polar surface area (TPSA) is 25.4 Å². The molecule has 5 heteroatoms. The van der Waals surface area contributed by atoms with Gasteiger partial charge in [0.25, 0.3) is 0 Å². The van der Waals surface area contributed by atoms with E-state index < -0.39 is 0 Å². The molecule has 0 spiro atoms. The lowest BCUT2D eigenvalue weighted by Crippen LogP contribution is -2.47. The second-order valence-electron chi connectivity index (χ2n) is 5.15. The van der Waals surface area contributed by atoms with Crippen molar-refractivity contribution in [2.75, 3.05) is 26.7 Å². The third kappa shape index (κ3) is 3.67. The fourth-order valence-electron chi connectivity index (χ4n) is 2.44. The largest absolute Gasteiger partial charge is 0.377 e. The molecule has 1 aromatic heterocycles. The molecule has 0 radical (unpaired) electrons. The Labute approximate surface area is 118 Å². The summed E-state index contributed by atoms with van der Waals surface area (Å²) in [5, 5.41) is 3.24. The Morgan fingerprint density at radius 2 is 2.44 bits per heavy atom. The lowest BCUT2D eigenvalue weighted by atomic mass is 9.95. The van der Waals surface area contributed by atoms with Gasteiger partial charge in [0.05, 0.1) is 22.2 Å². The lowest BCUT2D eigenvalue weighted by molar-refractivity contribution is -0.0503. The standard InChI is InChI=1S/C13H21ClN2OS/c1-13(17-2)5-3-6-16(10-13)7-4-12-15-11(8-14)9-18-12/h9H,3-8,10H2,1-2H3. The smallest absolute Gasteiger partial charge is 0.0941 e. The zero-order valence-corrected chi connectivity index (χ0v) is 12.7. The first-order valence-corrected chi connectivity index (χ1v) is 7.83. The van der Waals surface area contributed by atoms with E-state index in [0.717, 1.165) is 31.6 Å². The van der Waals surface area contributed by atoms with E-state index in [4.69, 9.17) is 16.3 Å². The van der Waals surface area contributed by atoms with E-state index in [1.54, 1.807) is 11.3 Å². The zero-order valence-electron chi connectivity index (χ0n) is 11.1. The van der Waals surface area contributed by atoms with Gasteiger partial charge in [-0.05, 0) is 26.3 Å². The number of alkyl halides is 1. The molecule has 1 unspecified atom stereocenters. The summed E-state index contributed by atoms with van der Waals surface area (Å²) in [6.45, 7) is 5.46. The van der Waals surface area contributed by atoms with Gasteiger partial charge in [0.15, 0.2) is 0 Å². The van der Waals surface area contributed by atoms with Gasteiger partial charge in [0, 0.05) is 32.0 Å². The number of halogens is 1. The predicted octanol–water partition coefficient (Wildman–Crippen LogP) is 2.93. The average molecular weight is 289 g/mol. The molecule has 1 aliphatic heterocycles. The first-order chi connectivity index (χ1) is 8.65. The quantitative estimate of drug-likeness (QED) is 0.779. The molecule has 3 nitrogen and oxygen atoms in total. The molecular weight excluding hydrogens is 268 g/mol. The molecule has 0 bridgehead atoms. The number of ether oxygens (including phenoxy) is 1. The Morgan fingerprint density at radius 1 is 1.61 bits per heavy atom. The van der Waals surface area contributed by atoms with E-state index in [1.165, 1.54) is 18.0 Å². The van der Waals surface area contributed by atoms with E-state index in [-0.39, 0.29) is 5.60 Å². The molecule has 0 saturated carbocycles. The number of nitrogens with zero attached hydrogens (tertiary/aromatic N) is 2. The Morgan fingerprint density at radius 3 is 3.11 bits per heavy atom.